The number of aromatic nitrogens is 1. The molecule has 0 aliphatic carbocycles. The quantitative estimate of drug-likeness (QED) is 0.819. The molecule has 4 nitrogen and oxygen atoms in total. The number of rotatable bonds is 2. The Bertz CT molecular complexity index is 461. The van der Waals surface area contributed by atoms with Crippen molar-refractivity contribution in [1.29, 1.82) is 0 Å². The number of pyridine rings is 1. The average molecular weight is 333 g/mol. The van der Waals surface area contributed by atoms with E-state index in [-0.39, 0.29) is 11.3 Å². The van der Waals surface area contributed by atoms with Crippen LogP contribution in [0.1, 0.15) is 19.8 Å². The first-order chi connectivity index (χ1) is 8.51. The minimum Gasteiger partial charge on any atom is -0.323 e. The van der Waals surface area contributed by atoms with Gasteiger partial charge in [0.25, 0.3) is 0 Å². The third kappa shape index (κ3) is 3.02. The van der Waals surface area contributed by atoms with Gasteiger partial charge in [-0.3, -0.25) is 4.79 Å². The fraction of sp³-hybridized carbons (Fsp3) is 0.500. The number of hydrogen-bond acceptors (Lipinski definition) is 3. The third-order valence-electron chi connectivity index (χ3n) is 3.20. The minimum atomic E-state index is -0.385. The van der Waals surface area contributed by atoms with E-state index in [2.05, 4.69) is 31.5 Å². The molecule has 0 saturated carbocycles. The molecule has 1 unspecified atom stereocenters. The predicted molar refractivity (Wildman–Crippen MR) is 75.8 cm³/mol. The lowest BCUT2D eigenvalue weighted by Gasteiger charge is -2.32. The standard InChI is InChI=1S/C12H15BrClN3O/c1-12(3-2-4-15-7-12)11(18)17-9-5-8(13)6-16-10(9)14/h5-6,15H,2-4,7H2,1H3,(H,17,18). The van der Waals surface area contributed by atoms with E-state index in [1.165, 1.54) is 0 Å². The molecule has 2 N–H and O–H groups in total. The van der Waals surface area contributed by atoms with Crippen LogP contribution in [0.2, 0.25) is 5.15 Å². The highest BCUT2D eigenvalue weighted by Gasteiger charge is 2.34. The SMILES string of the molecule is CC1(C(=O)Nc2cc(Br)cnc2Cl)CCCNC1. The summed E-state index contributed by atoms with van der Waals surface area (Å²) in [7, 11) is 0. The highest BCUT2D eigenvalue weighted by molar-refractivity contribution is 9.10. The van der Waals surface area contributed by atoms with Crippen molar-refractivity contribution in [2.24, 2.45) is 5.41 Å². The first-order valence-corrected chi connectivity index (χ1v) is 7.02. The van der Waals surface area contributed by atoms with Crippen molar-refractivity contribution in [3.63, 3.8) is 0 Å². The Labute approximate surface area is 120 Å². The van der Waals surface area contributed by atoms with E-state index in [1.54, 1.807) is 12.3 Å². The molecule has 0 aromatic carbocycles. The van der Waals surface area contributed by atoms with Crippen LogP contribution in [-0.4, -0.2) is 24.0 Å². The Hall–Kier alpha value is -0.650. The van der Waals surface area contributed by atoms with Gasteiger partial charge in [-0.2, -0.15) is 0 Å². The molecule has 6 heteroatoms. The molecule has 1 aliphatic rings. The van der Waals surface area contributed by atoms with Crippen molar-refractivity contribution >= 4 is 39.1 Å². The number of halogens is 2. The number of anilines is 1. The Kier molecular flexibility index (Phi) is 4.25. The molecule has 2 heterocycles. The van der Waals surface area contributed by atoms with Crippen LogP contribution in [0.3, 0.4) is 0 Å². The smallest absolute Gasteiger partial charge is 0.231 e. The number of carbonyl (C=O) groups is 1. The summed E-state index contributed by atoms with van der Waals surface area (Å²) in [5, 5.41) is 6.41. The summed E-state index contributed by atoms with van der Waals surface area (Å²) in [4.78, 5) is 16.3. The lowest BCUT2D eigenvalue weighted by Crippen LogP contribution is -2.46. The maximum Gasteiger partial charge on any atom is 0.231 e. The lowest BCUT2D eigenvalue weighted by molar-refractivity contribution is -0.125. The molecule has 0 bridgehead atoms. The summed E-state index contributed by atoms with van der Waals surface area (Å²) >= 11 is 9.27. The summed E-state index contributed by atoms with van der Waals surface area (Å²) in [5.74, 6) is -0.0171. The van der Waals surface area contributed by atoms with Crippen molar-refractivity contribution in [3.05, 3.63) is 21.9 Å². The monoisotopic (exact) mass is 331 g/mol. The van der Waals surface area contributed by atoms with Gasteiger partial charge in [0.05, 0.1) is 11.1 Å². The molecule has 1 aromatic heterocycles. The highest BCUT2D eigenvalue weighted by Crippen LogP contribution is 2.29. The molecular weight excluding hydrogens is 318 g/mol. The molecule has 1 aliphatic heterocycles. The molecular formula is C12H15BrClN3O. The first-order valence-electron chi connectivity index (χ1n) is 5.84. The topological polar surface area (TPSA) is 54.0 Å². The van der Waals surface area contributed by atoms with Gasteiger partial charge in [0.15, 0.2) is 5.15 Å². The van der Waals surface area contributed by atoms with Crippen molar-refractivity contribution < 1.29 is 4.79 Å². The van der Waals surface area contributed by atoms with E-state index in [0.29, 0.717) is 17.4 Å². The van der Waals surface area contributed by atoms with Crippen molar-refractivity contribution in [3.8, 4) is 0 Å². The zero-order chi connectivity index (χ0) is 13.2. The van der Waals surface area contributed by atoms with Gasteiger partial charge in [0.1, 0.15) is 0 Å². The molecule has 1 amide bonds. The van der Waals surface area contributed by atoms with E-state index >= 15 is 0 Å². The number of carbonyl (C=O) groups excluding carboxylic acids is 1. The summed E-state index contributed by atoms with van der Waals surface area (Å²) < 4.78 is 0.786. The maximum atomic E-state index is 12.3. The van der Waals surface area contributed by atoms with E-state index < -0.39 is 0 Å². The predicted octanol–water partition coefficient (Wildman–Crippen LogP) is 2.83. The normalized spacial score (nSPS) is 23.7. The molecule has 1 saturated heterocycles. The van der Waals surface area contributed by atoms with E-state index in [0.717, 1.165) is 23.9 Å². The Morgan fingerprint density at radius 2 is 2.44 bits per heavy atom. The van der Waals surface area contributed by atoms with E-state index in [4.69, 9.17) is 11.6 Å². The van der Waals surface area contributed by atoms with Gasteiger partial charge < -0.3 is 10.6 Å². The Morgan fingerprint density at radius 1 is 1.67 bits per heavy atom. The van der Waals surface area contributed by atoms with Crippen LogP contribution < -0.4 is 10.6 Å². The van der Waals surface area contributed by atoms with Crippen LogP contribution in [0.15, 0.2) is 16.7 Å². The van der Waals surface area contributed by atoms with Crippen LogP contribution in [0, 0.1) is 5.41 Å². The molecule has 98 valence electrons. The number of nitrogens with one attached hydrogen (secondary N) is 2. The van der Waals surface area contributed by atoms with Crippen LogP contribution in [0.5, 0.6) is 0 Å². The first kappa shape index (κ1) is 13.8. The minimum absolute atomic E-state index is 0.0171. The Morgan fingerprint density at radius 3 is 3.11 bits per heavy atom. The summed E-state index contributed by atoms with van der Waals surface area (Å²) in [5.41, 5.74) is 0.159. The summed E-state index contributed by atoms with van der Waals surface area (Å²) in [6.07, 6.45) is 3.49. The Balaban J connectivity index is 2.13. The molecule has 1 fully saturated rings. The number of amides is 1. The molecule has 1 aromatic rings. The van der Waals surface area contributed by atoms with Crippen LogP contribution in [-0.2, 0) is 4.79 Å². The van der Waals surface area contributed by atoms with Crippen LogP contribution in [0.4, 0.5) is 5.69 Å². The average Bonchev–Trinajstić information content (AvgIpc) is 2.35. The molecule has 0 spiro atoms. The summed E-state index contributed by atoms with van der Waals surface area (Å²) in [6.45, 7) is 3.63. The van der Waals surface area contributed by atoms with Crippen molar-refractivity contribution in [2.45, 2.75) is 19.8 Å². The fourth-order valence-corrected chi connectivity index (χ4v) is 2.52. The van der Waals surface area contributed by atoms with Gasteiger partial charge in [-0.15, -0.1) is 0 Å². The van der Waals surface area contributed by atoms with Crippen LogP contribution >= 0.6 is 27.5 Å². The summed E-state index contributed by atoms with van der Waals surface area (Å²) in [6, 6.07) is 1.76. The second-order valence-electron chi connectivity index (χ2n) is 4.79. The van der Waals surface area contributed by atoms with Gasteiger partial charge in [-0.1, -0.05) is 11.6 Å². The molecule has 0 radical (unpaired) electrons. The number of hydrogen-bond donors (Lipinski definition) is 2. The fourth-order valence-electron chi connectivity index (χ4n) is 2.03. The number of nitrogens with zero attached hydrogens (tertiary/aromatic N) is 1. The largest absolute Gasteiger partial charge is 0.323 e. The van der Waals surface area contributed by atoms with Crippen molar-refractivity contribution in [1.82, 2.24) is 10.3 Å². The number of piperidine rings is 1. The molecule has 1 atom stereocenters. The second kappa shape index (κ2) is 5.55. The van der Waals surface area contributed by atoms with Gasteiger partial charge in [0, 0.05) is 17.2 Å². The zero-order valence-electron chi connectivity index (χ0n) is 10.1. The second-order valence-corrected chi connectivity index (χ2v) is 6.06. The van der Waals surface area contributed by atoms with E-state index in [1.807, 2.05) is 6.92 Å². The van der Waals surface area contributed by atoms with Gasteiger partial charge in [-0.25, -0.2) is 4.98 Å². The van der Waals surface area contributed by atoms with Crippen LogP contribution in [0.25, 0.3) is 0 Å². The van der Waals surface area contributed by atoms with Crippen molar-refractivity contribution in [2.75, 3.05) is 18.4 Å². The van der Waals surface area contributed by atoms with E-state index in [9.17, 15) is 4.79 Å². The third-order valence-corrected chi connectivity index (χ3v) is 3.93. The molecule has 2 rings (SSSR count). The highest BCUT2D eigenvalue weighted by atomic mass is 79.9. The zero-order valence-corrected chi connectivity index (χ0v) is 12.4. The lowest BCUT2D eigenvalue weighted by atomic mass is 9.82. The maximum absolute atomic E-state index is 12.3. The molecule has 18 heavy (non-hydrogen) atoms. The van der Waals surface area contributed by atoms with Gasteiger partial charge >= 0.3 is 0 Å². The van der Waals surface area contributed by atoms with Gasteiger partial charge in [0.2, 0.25) is 5.91 Å². The van der Waals surface area contributed by atoms with Gasteiger partial charge in [-0.05, 0) is 48.3 Å².